The van der Waals surface area contributed by atoms with E-state index in [0.29, 0.717) is 24.4 Å². The van der Waals surface area contributed by atoms with Gasteiger partial charge in [-0.3, -0.25) is 0 Å². The molecule has 19 heavy (non-hydrogen) atoms. The predicted molar refractivity (Wildman–Crippen MR) is 79.7 cm³/mol. The van der Waals surface area contributed by atoms with Crippen molar-refractivity contribution in [3.8, 4) is 0 Å². The summed E-state index contributed by atoms with van der Waals surface area (Å²) in [6.45, 7) is 2.95. The normalized spacial score (nSPS) is 15.2. The van der Waals surface area contributed by atoms with Crippen LogP contribution in [-0.2, 0) is 6.54 Å². The molecule has 0 saturated heterocycles. The summed E-state index contributed by atoms with van der Waals surface area (Å²) in [5.74, 6) is 0.778. The number of nitrogens with one attached hydrogen (secondary N) is 1. The molecule has 0 radical (unpaired) electrons. The van der Waals surface area contributed by atoms with Crippen molar-refractivity contribution in [2.24, 2.45) is 10.9 Å². The zero-order valence-corrected chi connectivity index (χ0v) is 12.1. The molecule has 0 amide bonds. The van der Waals surface area contributed by atoms with Crippen LogP contribution < -0.4 is 11.1 Å². The Morgan fingerprint density at radius 1 is 1.53 bits per heavy atom. The lowest BCUT2D eigenvalue weighted by Gasteiger charge is -2.22. The number of oxime groups is 1. The second-order valence-corrected chi connectivity index (χ2v) is 5.59. The van der Waals surface area contributed by atoms with Gasteiger partial charge in [-0.05, 0) is 24.8 Å². The topological polar surface area (TPSA) is 90.9 Å². The van der Waals surface area contributed by atoms with E-state index < -0.39 is 5.60 Å². The van der Waals surface area contributed by atoms with Gasteiger partial charge in [0.1, 0.15) is 0 Å². The number of rotatable bonds is 7. The van der Waals surface area contributed by atoms with Crippen molar-refractivity contribution >= 4 is 17.6 Å². The number of hydrogen-bond acceptors (Lipinski definition) is 5. The lowest BCUT2D eigenvalue weighted by Crippen LogP contribution is -2.39. The van der Waals surface area contributed by atoms with E-state index in [9.17, 15) is 5.11 Å². The number of benzene rings is 1. The van der Waals surface area contributed by atoms with Gasteiger partial charge in [0, 0.05) is 24.4 Å². The highest BCUT2D eigenvalue weighted by molar-refractivity contribution is 7.98. The fourth-order valence-corrected chi connectivity index (χ4v) is 2.46. The van der Waals surface area contributed by atoms with Crippen LogP contribution in [0.1, 0.15) is 18.1 Å². The zero-order chi connectivity index (χ0) is 14.3. The van der Waals surface area contributed by atoms with Crippen LogP contribution in [0, 0.1) is 0 Å². The maximum atomic E-state index is 10.0. The first kappa shape index (κ1) is 15.8. The number of thioether (sulfide) groups is 1. The molecule has 6 heteroatoms. The summed E-state index contributed by atoms with van der Waals surface area (Å²) >= 11 is 1.61. The van der Waals surface area contributed by atoms with E-state index in [1.165, 1.54) is 0 Å². The number of aliphatic hydroxyl groups is 1. The van der Waals surface area contributed by atoms with Crippen LogP contribution in [0.2, 0.25) is 0 Å². The highest BCUT2D eigenvalue weighted by atomic mass is 32.2. The molecule has 0 spiro atoms. The highest BCUT2D eigenvalue weighted by Crippen LogP contribution is 2.10. The van der Waals surface area contributed by atoms with Crippen molar-refractivity contribution in [1.29, 1.82) is 0 Å². The first-order valence-corrected chi connectivity index (χ1v) is 7.37. The van der Waals surface area contributed by atoms with Crippen LogP contribution >= 0.6 is 11.8 Å². The van der Waals surface area contributed by atoms with Crippen LogP contribution in [0.25, 0.3) is 0 Å². The molecule has 5 N–H and O–H groups in total. The molecule has 0 saturated carbocycles. The van der Waals surface area contributed by atoms with Crippen molar-refractivity contribution in [3.63, 3.8) is 0 Å². The molecule has 1 unspecified atom stereocenters. The van der Waals surface area contributed by atoms with Crippen LogP contribution in [-0.4, -0.2) is 40.3 Å². The van der Waals surface area contributed by atoms with Crippen LogP contribution in [0.15, 0.2) is 29.4 Å². The summed E-state index contributed by atoms with van der Waals surface area (Å²) in [7, 11) is 0. The average molecular weight is 283 g/mol. The Balaban J connectivity index is 2.54. The number of nitrogens with zero attached hydrogens (tertiary/aromatic N) is 1. The Hall–Kier alpha value is -1.24. The molecule has 0 aliphatic rings. The maximum absolute atomic E-state index is 10.0. The van der Waals surface area contributed by atoms with Gasteiger partial charge in [0.05, 0.1) is 5.60 Å². The lowest BCUT2D eigenvalue weighted by molar-refractivity contribution is 0.0846. The fourth-order valence-electron chi connectivity index (χ4n) is 1.74. The van der Waals surface area contributed by atoms with Crippen molar-refractivity contribution in [2.75, 3.05) is 18.6 Å². The van der Waals surface area contributed by atoms with Crippen LogP contribution in [0.4, 0.5) is 0 Å². The third-order valence-electron chi connectivity index (χ3n) is 2.62. The minimum Gasteiger partial charge on any atom is -0.409 e. The van der Waals surface area contributed by atoms with Gasteiger partial charge >= 0.3 is 0 Å². The molecule has 0 aliphatic heterocycles. The molecule has 0 fully saturated rings. The van der Waals surface area contributed by atoms with Gasteiger partial charge in [-0.15, -0.1) is 0 Å². The third kappa shape index (κ3) is 5.50. The van der Waals surface area contributed by atoms with Crippen molar-refractivity contribution < 1.29 is 10.3 Å². The molecule has 0 bridgehead atoms. The van der Waals surface area contributed by atoms with Gasteiger partial charge in [0.15, 0.2) is 5.84 Å². The summed E-state index contributed by atoms with van der Waals surface area (Å²) < 4.78 is 0. The summed E-state index contributed by atoms with van der Waals surface area (Å²) in [5, 5.41) is 24.8. The monoisotopic (exact) mass is 283 g/mol. The minimum absolute atomic E-state index is 0.0937. The summed E-state index contributed by atoms with van der Waals surface area (Å²) in [6.07, 6.45) is 1.97. The Bertz CT molecular complexity index is 436. The van der Waals surface area contributed by atoms with Crippen LogP contribution in [0.3, 0.4) is 0 Å². The Labute approximate surface area is 117 Å². The average Bonchev–Trinajstić information content (AvgIpc) is 2.38. The van der Waals surface area contributed by atoms with Gasteiger partial charge in [-0.1, -0.05) is 23.4 Å². The number of amidine groups is 1. The summed E-state index contributed by atoms with van der Waals surface area (Å²) in [6, 6.07) is 7.43. The van der Waals surface area contributed by atoms with E-state index >= 15 is 0 Å². The van der Waals surface area contributed by atoms with E-state index in [0.717, 1.165) is 5.56 Å². The van der Waals surface area contributed by atoms with Crippen LogP contribution in [0.5, 0.6) is 0 Å². The smallest absolute Gasteiger partial charge is 0.170 e. The molecule has 1 aromatic carbocycles. The van der Waals surface area contributed by atoms with E-state index in [1.807, 2.05) is 31.4 Å². The Morgan fingerprint density at radius 3 is 2.89 bits per heavy atom. The molecular weight excluding hydrogens is 262 g/mol. The Morgan fingerprint density at radius 2 is 2.26 bits per heavy atom. The second-order valence-electron chi connectivity index (χ2n) is 4.72. The van der Waals surface area contributed by atoms with Crippen molar-refractivity contribution in [1.82, 2.24) is 5.32 Å². The van der Waals surface area contributed by atoms with E-state index in [-0.39, 0.29) is 5.84 Å². The molecule has 0 aliphatic carbocycles. The largest absolute Gasteiger partial charge is 0.409 e. The highest BCUT2D eigenvalue weighted by Gasteiger charge is 2.18. The Kier molecular flexibility index (Phi) is 6.14. The molecule has 0 aromatic heterocycles. The number of nitrogens with two attached hydrogens (primary N) is 1. The molecule has 1 atom stereocenters. The SMILES string of the molecule is CSCC(C)(O)CNCc1cccc(/C(N)=N/O)c1. The third-order valence-corrected chi connectivity index (χ3v) is 3.53. The fraction of sp³-hybridized carbons (Fsp3) is 0.462. The standard InChI is InChI=1S/C13H21N3O2S/c1-13(17,9-19-2)8-15-7-10-4-3-5-11(6-10)12(14)16-18/h3-6,15,17-18H,7-9H2,1-2H3,(H2,14,16). The first-order chi connectivity index (χ1) is 8.98. The van der Waals surface area contributed by atoms with E-state index in [2.05, 4.69) is 10.5 Å². The van der Waals surface area contributed by atoms with Crippen molar-refractivity contribution in [2.45, 2.75) is 19.1 Å². The van der Waals surface area contributed by atoms with Crippen molar-refractivity contribution in [3.05, 3.63) is 35.4 Å². The minimum atomic E-state index is -0.720. The first-order valence-electron chi connectivity index (χ1n) is 5.97. The predicted octanol–water partition coefficient (Wildman–Crippen LogP) is 0.985. The van der Waals surface area contributed by atoms with E-state index in [4.69, 9.17) is 10.9 Å². The summed E-state index contributed by atoms with van der Waals surface area (Å²) in [5.41, 5.74) is 6.51. The molecule has 1 aromatic rings. The molecule has 106 valence electrons. The molecular formula is C13H21N3O2S. The van der Waals surface area contributed by atoms with Gasteiger partial charge in [0.2, 0.25) is 0 Å². The lowest BCUT2D eigenvalue weighted by atomic mass is 10.1. The molecule has 1 rings (SSSR count). The summed E-state index contributed by atoms with van der Waals surface area (Å²) in [4.78, 5) is 0. The molecule has 5 nitrogen and oxygen atoms in total. The van der Waals surface area contributed by atoms with Gasteiger partial charge < -0.3 is 21.4 Å². The van der Waals surface area contributed by atoms with Gasteiger partial charge in [-0.2, -0.15) is 11.8 Å². The molecule has 0 heterocycles. The van der Waals surface area contributed by atoms with Gasteiger partial charge in [0.25, 0.3) is 0 Å². The number of hydrogen-bond donors (Lipinski definition) is 4. The zero-order valence-electron chi connectivity index (χ0n) is 11.3. The maximum Gasteiger partial charge on any atom is 0.170 e. The quantitative estimate of drug-likeness (QED) is 0.259. The second kappa shape index (κ2) is 7.37. The van der Waals surface area contributed by atoms with Gasteiger partial charge in [-0.25, -0.2) is 0 Å². The van der Waals surface area contributed by atoms with E-state index in [1.54, 1.807) is 17.8 Å².